The second-order valence-corrected chi connectivity index (χ2v) is 4.93. The Morgan fingerprint density at radius 3 is 2.21 bits per heavy atom. The van der Waals surface area contributed by atoms with Crippen LogP contribution in [0.25, 0.3) is 0 Å². The van der Waals surface area contributed by atoms with Crippen LogP contribution < -0.4 is 4.74 Å². The van der Waals surface area contributed by atoms with Crippen LogP contribution in [0, 0.1) is 0 Å². The molecule has 0 spiro atoms. The van der Waals surface area contributed by atoms with E-state index < -0.39 is 0 Å². The lowest BCUT2D eigenvalue weighted by atomic mass is 10.1. The Hall–Kier alpha value is -1.31. The van der Waals surface area contributed by atoms with Crippen molar-refractivity contribution in [3.8, 4) is 5.75 Å². The van der Waals surface area contributed by atoms with E-state index in [-0.39, 0.29) is 0 Å². The van der Waals surface area contributed by atoms with Gasteiger partial charge in [-0.15, -0.1) is 0 Å². The standard InChI is InChI=1S/C17H27NO/c1-3-4-5-6-7-8-9-14-18-15-16-10-12-17(19-2)13-11-16/h10-13,15H,3-9,14H2,1-2H3. The first-order valence-electron chi connectivity index (χ1n) is 7.50. The van der Waals surface area contributed by atoms with Crippen molar-refractivity contribution in [2.24, 2.45) is 4.99 Å². The van der Waals surface area contributed by atoms with Crippen LogP contribution in [0.15, 0.2) is 29.3 Å². The van der Waals surface area contributed by atoms with Crippen LogP contribution in [0.1, 0.15) is 57.4 Å². The molecule has 1 aromatic rings. The van der Waals surface area contributed by atoms with Crippen molar-refractivity contribution < 1.29 is 4.74 Å². The minimum atomic E-state index is 0.893. The predicted molar refractivity (Wildman–Crippen MR) is 83.4 cm³/mol. The van der Waals surface area contributed by atoms with Gasteiger partial charge in [0.15, 0.2) is 0 Å². The van der Waals surface area contributed by atoms with Crippen molar-refractivity contribution in [1.82, 2.24) is 0 Å². The van der Waals surface area contributed by atoms with Gasteiger partial charge in [-0.25, -0.2) is 0 Å². The number of ether oxygens (including phenoxy) is 1. The van der Waals surface area contributed by atoms with Crippen molar-refractivity contribution in [2.45, 2.75) is 51.9 Å². The van der Waals surface area contributed by atoms with Gasteiger partial charge in [-0.3, -0.25) is 4.99 Å². The maximum absolute atomic E-state index is 5.12. The van der Waals surface area contributed by atoms with E-state index in [9.17, 15) is 0 Å². The highest BCUT2D eigenvalue weighted by Crippen LogP contribution is 2.10. The van der Waals surface area contributed by atoms with Gasteiger partial charge >= 0.3 is 0 Å². The summed E-state index contributed by atoms with van der Waals surface area (Å²) in [6.07, 6.45) is 11.3. The molecule has 2 nitrogen and oxygen atoms in total. The summed E-state index contributed by atoms with van der Waals surface area (Å²) in [6.45, 7) is 3.20. The van der Waals surface area contributed by atoms with Gasteiger partial charge in [-0.05, 0) is 36.2 Å². The Labute approximate surface area is 117 Å². The van der Waals surface area contributed by atoms with Crippen LogP contribution in [0.2, 0.25) is 0 Å². The predicted octanol–water partition coefficient (Wildman–Crippen LogP) is 4.86. The molecule has 0 N–H and O–H groups in total. The monoisotopic (exact) mass is 261 g/mol. The lowest BCUT2D eigenvalue weighted by Gasteiger charge is -2.00. The molecular formula is C17H27NO. The largest absolute Gasteiger partial charge is 0.497 e. The minimum Gasteiger partial charge on any atom is -0.497 e. The second kappa shape index (κ2) is 10.6. The van der Waals surface area contributed by atoms with Gasteiger partial charge in [0.05, 0.1) is 7.11 Å². The number of methoxy groups -OCH3 is 1. The molecule has 2 heteroatoms. The zero-order valence-electron chi connectivity index (χ0n) is 12.4. The summed E-state index contributed by atoms with van der Waals surface area (Å²) in [5.41, 5.74) is 1.14. The van der Waals surface area contributed by atoms with Gasteiger partial charge in [0.25, 0.3) is 0 Å². The van der Waals surface area contributed by atoms with Crippen molar-refractivity contribution >= 4 is 6.21 Å². The highest BCUT2D eigenvalue weighted by atomic mass is 16.5. The van der Waals surface area contributed by atoms with Crippen LogP contribution in [0.5, 0.6) is 5.75 Å². The molecule has 19 heavy (non-hydrogen) atoms. The summed E-state index contributed by atoms with van der Waals surface area (Å²) < 4.78 is 5.12. The third-order valence-electron chi connectivity index (χ3n) is 3.25. The molecule has 0 bridgehead atoms. The van der Waals surface area contributed by atoms with Gasteiger partial charge < -0.3 is 4.74 Å². The molecule has 0 heterocycles. The van der Waals surface area contributed by atoms with Crippen LogP contribution in [-0.4, -0.2) is 19.9 Å². The van der Waals surface area contributed by atoms with E-state index in [1.165, 1.54) is 44.9 Å². The molecule has 0 fully saturated rings. The van der Waals surface area contributed by atoms with Crippen molar-refractivity contribution in [2.75, 3.05) is 13.7 Å². The van der Waals surface area contributed by atoms with Crippen molar-refractivity contribution in [3.63, 3.8) is 0 Å². The molecule has 0 radical (unpaired) electrons. The SMILES string of the molecule is CCCCCCCCCN=Cc1ccc(OC)cc1. The summed E-state index contributed by atoms with van der Waals surface area (Å²) >= 11 is 0. The molecule has 0 aliphatic heterocycles. The number of nitrogens with zero attached hydrogens (tertiary/aromatic N) is 1. The number of hydrogen-bond donors (Lipinski definition) is 0. The number of unbranched alkanes of at least 4 members (excludes halogenated alkanes) is 6. The molecule has 1 aromatic carbocycles. The van der Waals surface area contributed by atoms with E-state index in [2.05, 4.69) is 11.9 Å². The highest BCUT2D eigenvalue weighted by molar-refractivity contribution is 5.79. The summed E-state index contributed by atoms with van der Waals surface area (Å²) in [7, 11) is 1.68. The quantitative estimate of drug-likeness (QED) is 0.435. The van der Waals surface area contributed by atoms with E-state index in [1.807, 2.05) is 30.5 Å². The number of benzene rings is 1. The normalized spacial score (nSPS) is 11.1. The summed E-state index contributed by atoms with van der Waals surface area (Å²) in [5, 5.41) is 0. The fourth-order valence-electron chi connectivity index (χ4n) is 2.02. The average molecular weight is 261 g/mol. The molecule has 0 atom stereocenters. The Morgan fingerprint density at radius 1 is 0.947 bits per heavy atom. The molecule has 0 aliphatic rings. The number of hydrogen-bond acceptors (Lipinski definition) is 2. The molecule has 106 valence electrons. The fourth-order valence-corrected chi connectivity index (χ4v) is 2.02. The molecule has 0 saturated heterocycles. The topological polar surface area (TPSA) is 21.6 Å². The van der Waals surface area contributed by atoms with Crippen LogP contribution in [-0.2, 0) is 0 Å². The Bertz CT molecular complexity index is 343. The van der Waals surface area contributed by atoms with E-state index in [4.69, 9.17) is 4.74 Å². The summed E-state index contributed by atoms with van der Waals surface area (Å²) in [4.78, 5) is 4.47. The smallest absolute Gasteiger partial charge is 0.118 e. The number of rotatable bonds is 10. The third-order valence-corrected chi connectivity index (χ3v) is 3.25. The van der Waals surface area contributed by atoms with Gasteiger partial charge in [-0.2, -0.15) is 0 Å². The molecular weight excluding hydrogens is 234 g/mol. The van der Waals surface area contributed by atoms with Crippen molar-refractivity contribution in [1.29, 1.82) is 0 Å². The number of aliphatic imine (C=N–C) groups is 1. The molecule has 0 unspecified atom stereocenters. The Balaban J connectivity index is 2.06. The highest BCUT2D eigenvalue weighted by Gasteiger charge is 1.91. The van der Waals surface area contributed by atoms with E-state index in [0.717, 1.165) is 17.9 Å². The van der Waals surface area contributed by atoms with Crippen molar-refractivity contribution in [3.05, 3.63) is 29.8 Å². The van der Waals surface area contributed by atoms with E-state index in [0.29, 0.717) is 0 Å². The molecule has 0 saturated carbocycles. The molecule has 0 aromatic heterocycles. The lowest BCUT2D eigenvalue weighted by Crippen LogP contribution is -1.87. The maximum Gasteiger partial charge on any atom is 0.118 e. The molecule has 0 aliphatic carbocycles. The van der Waals surface area contributed by atoms with Gasteiger partial charge in [0, 0.05) is 12.8 Å². The van der Waals surface area contributed by atoms with Crippen LogP contribution in [0.4, 0.5) is 0 Å². The zero-order valence-corrected chi connectivity index (χ0v) is 12.4. The van der Waals surface area contributed by atoms with Gasteiger partial charge in [0.1, 0.15) is 5.75 Å². The van der Waals surface area contributed by atoms with Gasteiger partial charge in [0.2, 0.25) is 0 Å². The first-order valence-corrected chi connectivity index (χ1v) is 7.50. The van der Waals surface area contributed by atoms with Crippen LogP contribution >= 0.6 is 0 Å². The Morgan fingerprint density at radius 2 is 1.58 bits per heavy atom. The first kappa shape index (κ1) is 15.7. The molecule has 1 rings (SSSR count). The van der Waals surface area contributed by atoms with Gasteiger partial charge in [-0.1, -0.05) is 45.4 Å². The van der Waals surface area contributed by atoms with E-state index >= 15 is 0 Å². The third kappa shape index (κ3) is 7.66. The van der Waals surface area contributed by atoms with Crippen LogP contribution in [0.3, 0.4) is 0 Å². The summed E-state index contributed by atoms with van der Waals surface area (Å²) in [5.74, 6) is 0.893. The zero-order chi connectivity index (χ0) is 13.8. The second-order valence-electron chi connectivity index (χ2n) is 4.93. The maximum atomic E-state index is 5.12. The van der Waals surface area contributed by atoms with E-state index in [1.54, 1.807) is 7.11 Å². The average Bonchev–Trinajstić information content (AvgIpc) is 2.46. The first-order chi connectivity index (χ1) is 9.36. The Kier molecular flexibility index (Phi) is 8.78. The fraction of sp³-hybridized carbons (Fsp3) is 0.588. The lowest BCUT2D eigenvalue weighted by molar-refractivity contribution is 0.415. The minimum absolute atomic E-state index is 0.893. The molecule has 0 amide bonds. The summed E-state index contributed by atoms with van der Waals surface area (Å²) in [6, 6.07) is 8.00.